The molecule has 0 saturated heterocycles. The highest BCUT2D eigenvalue weighted by Crippen LogP contribution is 2.22. The van der Waals surface area contributed by atoms with Crippen molar-refractivity contribution in [1.82, 2.24) is 9.78 Å². The lowest BCUT2D eigenvalue weighted by Gasteiger charge is -2.09. The molecule has 0 unspecified atom stereocenters. The molecule has 1 aromatic carbocycles. The number of hydrogen-bond donors (Lipinski definition) is 1. The van der Waals surface area contributed by atoms with Crippen molar-refractivity contribution in [2.24, 2.45) is 7.05 Å². The van der Waals surface area contributed by atoms with Crippen molar-refractivity contribution in [3.05, 3.63) is 47.5 Å². The maximum atomic E-state index is 13.7. The topological polar surface area (TPSA) is 47.3 Å². The fraction of sp³-hybridized carbons (Fsp3) is 0.308. The number of nitrogens with zero attached hydrogens (tertiary/aromatic N) is 2. The van der Waals surface area contributed by atoms with E-state index in [0.29, 0.717) is 5.56 Å². The molecule has 0 aliphatic heterocycles. The number of halogens is 1. The minimum absolute atomic E-state index is 0.170. The van der Waals surface area contributed by atoms with E-state index in [4.69, 9.17) is 4.74 Å². The van der Waals surface area contributed by atoms with Gasteiger partial charge in [-0.05, 0) is 24.6 Å². The van der Waals surface area contributed by atoms with Crippen molar-refractivity contribution < 1.29 is 14.2 Å². The van der Waals surface area contributed by atoms with Crippen molar-refractivity contribution in [2.75, 3.05) is 0 Å². The molecule has 96 valence electrons. The molecule has 1 N–H and O–H groups in total. The Morgan fingerprint density at radius 3 is 2.83 bits per heavy atom. The third kappa shape index (κ3) is 2.87. The Hall–Kier alpha value is -1.88. The van der Waals surface area contributed by atoms with Crippen LogP contribution in [0.5, 0.6) is 5.75 Å². The lowest BCUT2D eigenvalue weighted by molar-refractivity contribution is 0.198. The van der Waals surface area contributed by atoms with Gasteiger partial charge in [-0.2, -0.15) is 5.10 Å². The fourth-order valence-corrected chi connectivity index (χ4v) is 1.60. The molecule has 0 bridgehead atoms. The summed E-state index contributed by atoms with van der Waals surface area (Å²) >= 11 is 0. The van der Waals surface area contributed by atoms with Gasteiger partial charge in [-0.1, -0.05) is 6.07 Å². The molecule has 1 heterocycles. The summed E-state index contributed by atoms with van der Waals surface area (Å²) in [7, 11) is 1.81. The Labute approximate surface area is 105 Å². The number of aliphatic hydroxyl groups excluding tert-OH is 1. The van der Waals surface area contributed by atoms with E-state index in [-0.39, 0.29) is 12.4 Å². The zero-order valence-corrected chi connectivity index (χ0v) is 10.3. The van der Waals surface area contributed by atoms with Crippen LogP contribution in [0, 0.1) is 5.82 Å². The molecule has 0 spiro atoms. The van der Waals surface area contributed by atoms with Crippen LogP contribution < -0.4 is 4.74 Å². The van der Waals surface area contributed by atoms with Crippen LogP contribution in [-0.2, 0) is 13.7 Å². The van der Waals surface area contributed by atoms with Gasteiger partial charge in [0, 0.05) is 18.8 Å². The van der Waals surface area contributed by atoms with Gasteiger partial charge in [-0.25, -0.2) is 4.39 Å². The number of hydrogen-bond acceptors (Lipinski definition) is 3. The van der Waals surface area contributed by atoms with Crippen molar-refractivity contribution in [2.45, 2.75) is 19.6 Å². The second-order valence-electron chi connectivity index (χ2n) is 4.18. The summed E-state index contributed by atoms with van der Waals surface area (Å²) in [4.78, 5) is 0. The third-order valence-corrected chi connectivity index (χ3v) is 2.59. The number of aryl methyl sites for hydroxylation is 1. The highest BCUT2D eigenvalue weighted by atomic mass is 19.1. The van der Waals surface area contributed by atoms with E-state index in [1.54, 1.807) is 23.9 Å². The molecule has 0 fully saturated rings. The standard InChI is InChI=1S/C13H15FN2O2/c1-9(17)11-3-4-13(12(14)5-11)18-8-10-6-15-16(2)7-10/h3-7,9,17H,8H2,1-2H3/t9-/m1/s1. The number of benzene rings is 1. The van der Waals surface area contributed by atoms with Crippen LogP contribution in [0.25, 0.3) is 0 Å². The summed E-state index contributed by atoms with van der Waals surface area (Å²) in [6.45, 7) is 1.85. The average molecular weight is 250 g/mol. The Bertz CT molecular complexity index is 538. The Kier molecular flexibility index (Phi) is 3.62. The second-order valence-corrected chi connectivity index (χ2v) is 4.18. The highest BCUT2D eigenvalue weighted by molar-refractivity contribution is 5.30. The molecule has 1 atom stereocenters. The monoisotopic (exact) mass is 250 g/mol. The summed E-state index contributed by atoms with van der Waals surface area (Å²) < 4.78 is 20.7. The van der Waals surface area contributed by atoms with Crippen LogP contribution in [0.2, 0.25) is 0 Å². The van der Waals surface area contributed by atoms with Crippen molar-refractivity contribution in [1.29, 1.82) is 0 Å². The van der Waals surface area contributed by atoms with Crippen LogP contribution >= 0.6 is 0 Å². The van der Waals surface area contributed by atoms with Gasteiger partial charge in [0.05, 0.1) is 12.3 Å². The van der Waals surface area contributed by atoms with Crippen LogP contribution in [0.3, 0.4) is 0 Å². The highest BCUT2D eigenvalue weighted by Gasteiger charge is 2.08. The van der Waals surface area contributed by atoms with Crippen LogP contribution in [0.1, 0.15) is 24.2 Å². The van der Waals surface area contributed by atoms with Gasteiger partial charge in [-0.15, -0.1) is 0 Å². The van der Waals surface area contributed by atoms with E-state index in [9.17, 15) is 9.50 Å². The zero-order chi connectivity index (χ0) is 13.1. The molecule has 4 nitrogen and oxygen atoms in total. The first-order valence-electron chi connectivity index (χ1n) is 5.64. The van der Waals surface area contributed by atoms with Crippen LogP contribution in [0.15, 0.2) is 30.6 Å². The third-order valence-electron chi connectivity index (χ3n) is 2.59. The molecule has 0 aliphatic carbocycles. The summed E-state index contributed by atoms with van der Waals surface area (Å²) in [6, 6.07) is 4.45. The van der Waals surface area contributed by atoms with E-state index in [1.807, 2.05) is 13.2 Å². The Morgan fingerprint density at radius 1 is 1.50 bits per heavy atom. The predicted molar refractivity (Wildman–Crippen MR) is 64.6 cm³/mol. The first-order valence-corrected chi connectivity index (χ1v) is 5.64. The number of aliphatic hydroxyl groups is 1. The number of rotatable bonds is 4. The Balaban J connectivity index is 2.05. The largest absolute Gasteiger partial charge is 0.486 e. The summed E-state index contributed by atoms with van der Waals surface area (Å²) in [5.41, 5.74) is 1.40. The molecule has 5 heteroatoms. The van der Waals surface area contributed by atoms with Gasteiger partial charge in [0.1, 0.15) is 6.61 Å². The molecule has 0 amide bonds. The predicted octanol–water partition coefficient (Wildman–Crippen LogP) is 2.19. The van der Waals surface area contributed by atoms with Gasteiger partial charge in [0.25, 0.3) is 0 Å². The average Bonchev–Trinajstić information content (AvgIpc) is 2.73. The molecule has 0 aliphatic rings. The number of ether oxygens (including phenoxy) is 1. The number of aromatic nitrogens is 2. The SMILES string of the molecule is C[C@@H](O)c1ccc(OCc2cnn(C)c2)c(F)c1. The quantitative estimate of drug-likeness (QED) is 0.904. The summed E-state index contributed by atoms with van der Waals surface area (Å²) in [6.07, 6.45) is 2.79. The maximum Gasteiger partial charge on any atom is 0.165 e. The minimum Gasteiger partial charge on any atom is -0.486 e. The molecule has 18 heavy (non-hydrogen) atoms. The minimum atomic E-state index is -0.688. The lowest BCUT2D eigenvalue weighted by Crippen LogP contribution is -1.98. The fourth-order valence-electron chi connectivity index (χ4n) is 1.60. The molecule has 0 radical (unpaired) electrons. The first-order chi connectivity index (χ1) is 8.56. The normalized spacial score (nSPS) is 12.4. The van der Waals surface area contributed by atoms with Crippen molar-refractivity contribution in [3.63, 3.8) is 0 Å². The van der Waals surface area contributed by atoms with Crippen molar-refractivity contribution in [3.8, 4) is 5.75 Å². The van der Waals surface area contributed by atoms with E-state index < -0.39 is 11.9 Å². The Morgan fingerprint density at radius 2 is 2.28 bits per heavy atom. The molecule has 2 aromatic rings. The smallest absolute Gasteiger partial charge is 0.165 e. The van der Waals surface area contributed by atoms with E-state index in [2.05, 4.69) is 5.10 Å². The molecule has 0 saturated carbocycles. The van der Waals surface area contributed by atoms with E-state index >= 15 is 0 Å². The molecular formula is C13H15FN2O2. The van der Waals surface area contributed by atoms with Gasteiger partial charge < -0.3 is 9.84 Å². The van der Waals surface area contributed by atoms with Crippen LogP contribution in [-0.4, -0.2) is 14.9 Å². The maximum absolute atomic E-state index is 13.7. The second kappa shape index (κ2) is 5.18. The summed E-state index contributed by atoms with van der Waals surface area (Å²) in [5, 5.41) is 13.3. The van der Waals surface area contributed by atoms with E-state index in [1.165, 1.54) is 12.1 Å². The molecular weight excluding hydrogens is 235 g/mol. The van der Waals surface area contributed by atoms with Gasteiger partial charge in [-0.3, -0.25) is 4.68 Å². The first kappa shape index (κ1) is 12.6. The molecule has 1 aromatic heterocycles. The lowest BCUT2D eigenvalue weighted by atomic mass is 10.1. The molecule has 2 rings (SSSR count). The van der Waals surface area contributed by atoms with Gasteiger partial charge >= 0.3 is 0 Å². The summed E-state index contributed by atoms with van der Waals surface area (Å²) in [5.74, 6) is -0.305. The zero-order valence-electron chi connectivity index (χ0n) is 10.3. The van der Waals surface area contributed by atoms with E-state index in [0.717, 1.165) is 5.56 Å². The van der Waals surface area contributed by atoms with Gasteiger partial charge in [0.15, 0.2) is 11.6 Å². The van der Waals surface area contributed by atoms with Gasteiger partial charge in [0.2, 0.25) is 0 Å². The van der Waals surface area contributed by atoms with Crippen molar-refractivity contribution >= 4 is 0 Å². The van der Waals surface area contributed by atoms with Crippen LogP contribution in [0.4, 0.5) is 4.39 Å².